The molecule has 0 aliphatic rings. The Bertz CT molecular complexity index is 157. The van der Waals surface area contributed by atoms with Gasteiger partial charge in [-0.15, -0.1) is 0 Å². The molecule has 0 saturated carbocycles. The fraction of sp³-hybridized carbons (Fsp3) is 1.00. The van der Waals surface area contributed by atoms with Gasteiger partial charge in [-0.25, -0.2) is 8.42 Å². The Labute approximate surface area is 121 Å². The Morgan fingerprint density at radius 3 is 2.09 bits per heavy atom. The van der Waals surface area contributed by atoms with Crippen molar-refractivity contribution in [3.8, 4) is 0 Å². The van der Waals surface area contributed by atoms with E-state index in [-0.39, 0.29) is 64.9 Å². The summed E-state index contributed by atoms with van der Waals surface area (Å²) in [6.45, 7) is 0. The predicted octanol–water partition coefficient (Wildman–Crippen LogP) is -5.88. The molecular weight excluding hydrogens is 226 g/mol. The number of hydrogen-bond acceptors (Lipinski definition) is 5. The summed E-state index contributed by atoms with van der Waals surface area (Å²) >= 11 is 4.46. The quantitative estimate of drug-likeness (QED) is 0.159. The van der Waals surface area contributed by atoms with Crippen molar-refractivity contribution >= 4 is 32.6 Å². The van der Waals surface area contributed by atoms with E-state index in [1.807, 2.05) is 0 Å². The van der Waals surface area contributed by atoms with Crippen molar-refractivity contribution in [2.24, 2.45) is 0 Å². The monoisotopic (exact) mass is 232 g/mol. The van der Waals surface area contributed by atoms with Gasteiger partial charge in [0.1, 0.15) is 0 Å². The van der Waals surface area contributed by atoms with E-state index >= 15 is 0 Å². The molecule has 0 spiro atoms. The second-order valence-electron chi connectivity index (χ2n) is 1.44. The molecule has 0 aromatic carbocycles. The van der Waals surface area contributed by atoms with Gasteiger partial charge in [-0.2, -0.15) is 0 Å². The molecule has 11 heavy (non-hydrogen) atoms. The molecule has 0 bridgehead atoms. The summed E-state index contributed by atoms with van der Waals surface area (Å²) in [5.74, 6) is 0.257. The zero-order valence-electron chi connectivity index (χ0n) is 6.57. The standard InChI is InChI=1S/C3H8O3S3.2Na/c4-9(5,6)3-1-2-8-7;;/h7H,1-3H2,(H,4,5,6);;/q;2*+1/p-2. The maximum Gasteiger partial charge on any atom is 1.00 e. The van der Waals surface area contributed by atoms with Gasteiger partial charge in [0.15, 0.2) is 0 Å². The van der Waals surface area contributed by atoms with Crippen LogP contribution in [0.2, 0.25) is 0 Å². The van der Waals surface area contributed by atoms with Crippen LogP contribution in [0.3, 0.4) is 0 Å². The molecule has 0 saturated heterocycles. The summed E-state index contributed by atoms with van der Waals surface area (Å²) in [5, 5.41) is 0. The Kier molecular flexibility index (Phi) is 18.7. The predicted molar refractivity (Wildman–Crippen MR) is 39.0 cm³/mol. The van der Waals surface area contributed by atoms with Crippen molar-refractivity contribution in [3.05, 3.63) is 0 Å². The molecule has 0 N–H and O–H groups in total. The molecule has 0 fully saturated rings. The third-order valence-corrected chi connectivity index (χ3v) is 2.37. The van der Waals surface area contributed by atoms with Crippen LogP contribution in [0.15, 0.2) is 0 Å². The van der Waals surface area contributed by atoms with E-state index in [1.165, 1.54) is 0 Å². The first-order chi connectivity index (χ1) is 4.06. The van der Waals surface area contributed by atoms with Gasteiger partial charge in [0.25, 0.3) is 0 Å². The van der Waals surface area contributed by atoms with Crippen molar-refractivity contribution < 1.29 is 72.1 Å². The summed E-state index contributed by atoms with van der Waals surface area (Å²) in [6.07, 6.45) is 0.361. The summed E-state index contributed by atoms with van der Waals surface area (Å²) in [6, 6.07) is 0. The average molecular weight is 232 g/mol. The largest absolute Gasteiger partial charge is 1.00 e. The Morgan fingerprint density at radius 2 is 1.82 bits per heavy atom. The van der Waals surface area contributed by atoms with Gasteiger partial charge in [-0.05, 0) is 12.2 Å². The molecule has 56 valence electrons. The molecule has 0 unspecified atom stereocenters. The van der Waals surface area contributed by atoms with Crippen LogP contribution >= 0.6 is 10.8 Å². The first kappa shape index (κ1) is 19.2. The zero-order chi connectivity index (χ0) is 7.33. The van der Waals surface area contributed by atoms with Crippen molar-refractivity contribution in [1.82, 2.24) is 0 Å². The minimum atomic E-state index is -4.01. The topological polar surface area (TPSA) is 57.2 Å². The van der Waals surface area contributed by atoms with E-state index in [4.69, 9.17) is 0 Å². The van der Waals surface area contributed by atoms with Crippen molar-refractivity contribution in [2.75, 3.05) is 11.5 Å². The van der Waals surface area contributed by atoms with Crippen molar-refractivity contribution in [1.29, 1.82) is 0 Å². The molecule has 0 aliphatic carbocycles. The SMILES string of the molecule is O=S(=O)([O-])CCCS[S-].[Na+].[Na+]. The molecule has 8 heteroatoms. The van der Waals surface area contributed by atoms with Gasteiger partial charge in [-0.3, -0.25) is 0 Å². The van der Waals surface area contributed by atoms with E-state index < -0.39 is 10.1 Å². The fourth-order valence-electron chi connectivity index (χ4n) is 0.295. The molecule has 0 aliphatic heterocycles. The Morgan fingerprint density at radius 1 is 1.36 bits per heavy atom. The fourth-order valence-corrected chi connectivity index (χ4v) is 1.59. The van der Waals surface area contributed by atoms with Crippen LogP contribution in [-0.4, -0.2) is 24.5 Å². The van der Waals surface area contributed by atoms with E-state index in [0.29, 0.717) is 12.2 Å². The summed E-state index contributed by atoms with van der Waals surface area (Å²) < 4.78 is 29.7. The summed E-state index contributed by atoms with van der Waals surface area (Å²) in [5.41, 5.74) is 0. The first-order valence-corrected chi connectivity index (χ1v) is 5.73. The van der Waals surface area contributed by atoms with Crippen LogP contribution in [-0.2, 0) is 21.8 Å². The van der Waals surface area contributed by atoms with E-state index in [2.05, 4.69) is 11.7 Å². The minimum absolute atomic E-state index is 0. The van der Waals surface area contributed by atoms with Gasteiger partial charge in [0.05, 0.1) is 10.1 Å². The van der Waals surface area contributed by atoms with E-state index in [9.17, 15) is 13.0 Å². The summed E-state index contributed by atoms with van der Waals surface area (Å²) in [7, 11) is -2.88. The van der Waals surface area contributed by atoms with Gasteiger partial charge >= 0.3 is 59.1 Å². The Balaban J connectivity index is -0.000000320. The van der Waals surface area contributed by atoms with E-state index in [0.717, 1.165) is 10.8 Å². The molecule has 0 amide bonds. The molecule has 0 atom stereocenters. The van der Waals surface area contributed by atoms with Gasteiger partial charge in [-0.1, -0.05) is 0 Å². The maximum atomic E-state index is 9.91. The molecule has 0 rings (SSSR count). The van der Waals surface area contributed by atoms with Crippen LogP contribution in [0.5, 0.6) is 0 Å². The van der Waals surface area contributed by atoms with Gasteiger partial charge in [0, 0.05) is 5.75 Å². The zero-order valence-corrected chi connectivity index (χ0v) is 13.0. The molecule has 0 radical (unpaired) electrons. The molecule has 0 aromatic heterocycles. The molecule has 3 nitrogen and oxygen atoms in total. The van der Waals surface area contributed by atoms with Gasteiger partial charge < -0.3 is 27.0 Å². The van der Waals surface area contributed by atoms with Crippen LogP contribution in [0.4, 0.5) is 0 Å². The third-order valence-electron chi connectivity index (χ3n) is 0.622. The first-order valence-electron chi connectivity index (χ1n) is 2.24. The molecular formula is C3H6Na2O3S3. The smallest absolute Gasteiger partial charge is 0.748 e. The van der Waals surface area contributed by atoms with E-state index in [1.54, 1.807) is 0 Å². The van der Waals surface area contributed by atoms with Crippen molar-refractivity contribution in [2.45, 2.75) is 6.42 Å². The van der Waals surface area contributed by atoms with Crippen LogP contribution in [0, 0.1) is 0 Å². The van der Waals surface area contributed by atoms with Gasteiger partial charge in [0.2, 0.25) is 0 Å². The second kappa shape index (κ2) is 10.7. The van der Waals surface area contributed by atoms with Crippen LogP contribution in [0.1, 0.15) is 6.42 Å². The van der Waals surface area contributed by atoms with Crippen LogP contribution in [0.25, 0.3) is 0 Å². The second-order valence-corrected chi connectivity index (χ2v) is 4.31. The average Bonchev–Trinajstić information content (AvgIpc) is 1.63. The molecule has 0 heterocycles. The van der Waals surface area contributed by atoms with Crippen LogP contribution < -0.4 is 59.1 Å². The number of hydrogen-bond donors (Lipinski definition) is 0. The normalized spacial score (nSPS) is 9.64. The third kappa shape index (κ3) is 19.1. The molecule has 0 aromatic rings. The number of rotatable bonds is 4. The summed E-state index contributed by atoms with van der Waals surface area (Å²) in [4.78, 5) is 0. The maximum absolute atomic E-state index is 9.91. The minimum Gasteiger partial charge on any atom is -0.748 e. The van der Waals surface area contributed by atoms with Crippen molar-refractivity contribution in [3.63, 3.8) is 0 Å². The Hall–Kier alpha value is 2.61.